The van der Waals surface area contributed by atoms with Gasteiger partial charge >= 0.3 is 0 Å². The average molecular weight is 426 g/mol. The number of amides is 1. The van der Waals surface area contributed by atoms with Crippen LogP contribution in [-0.4, -0.2) is 40.9 Å². The van der Waals surface area contributed by atoms with Crippen molar-refractivity contribution in [1.29, 1.82) is 0 Å². The third-order valence-electron chi connectivity index (χ3n) is 5.55. The molecular formula is C22H27N5O2S. The van der Waals surface area contributed by atoms with Crippen LogP contribution in [0.2, 0.25) is 0 Å². The van der Waals surface area contributed by atoms with E-state index in [1.165, 1.54) is 0 Å². The summed E-state index contributed by atoms with van der Waals surface area (Å²) in [5, 5.41) is 13.6. The zero-order valence-corrected chi connectivity index (χ0v) is 18.4. The molecule has 0 radical (unpaired) electrons. The number of aryl methyl sites for hydroxylation is 2. The molecule has 1 atom stereocenters. The van der Waals surface area contributed by atoms with Crippen molar-refractivity contribution in [3.05, 3.63) is 53.3 Å². The maximum Gasteiger partial charge on any atom is 0.225 e. The van der Waals surface area contributed by atoms with E-state index in [4.69, 9.17) is 4.74 Å². The smallest absolute Gasteiger partial charge is 0.225 e. The lowest BCUT2D eigenvalue weighted by Gasteiger charge is -2.31. The summed E-state index contributed by atoms with van der Waals surface area (Å²) in [6.07, 6.45) is 1.86. The number of benzene rings is 1. The first-order valence-corrected chi connectivity index (χ1v) is 11.0. The van der Waals surface area contributed by atoms with Crippen molar-refractivity contribution in [2.24, 2.45) is 5.92 Å². The number of nitrogens with one attached hydrogen (secondary N) is 1. The van der Waals surface area contributed by atoms with Crippen LogP contribution in [0.25, 0.3) is 5.13 Å². The summed E-state index contributed by atoms with van der Waals surface area (Å²) in [6.45, 7) is 6.23. The van der Waals surface area contributed by atoms with Crippen molar-refractivity contribution < 1.29 is 9.53 Å². The summed E-state index contributed by atoms with van der Waals surface area (Å²) >= 11 is 1.58. The maximum atomic E-state index is 12.8. The van der Waals surface area contributed by atoms with Gasteiger partial charge in [-0.25, -0.2) is 0 Å². The third kappa shape index (κ3) is 4.33. The zero-order valence-electron chi connectivity index (χ0n) is 17.6. The lowest BCUT2D eigenvalue weighted by atomic mass is 9.97. The Hall–Kier alpha value is -2.87. The number of methoxy groups -OCH3 is 1. The van der Waals surface area contributed by atoms with Crippen molar-refractivity contribution in [3.8, 4) is 10.9 Å². The van der Waals surface area contributed by atoms with Gasteiger partial charge in [-0.05, 0) is 56.5 Å². The summed E-state index contributed by atoms with van der Waals surface area (Å²) in [5.74, 6) is 0.867. The van der Waals surface area contributed by atoms with Crippen LogP contribution >= 0.6 is 11.3 Å². The van der Waals surface area contributed by atoms with E-state index in [-0.39, 0.29) is 11.8 Å². The van der Waals surface area contributed by atoms with Crippen LogP contribution in [0.5, 0.6) is 5.75 Å². The summed E-state index contributed by atoms with van der Waals surface area (Å²) in [6, 6.07) is 11.9. The van der Waals surface area contributed by atoms with E-state index in [0.29, 0.717) is 13.1 Å². The van der Waals surface area contributed by atoms with Crippen LogP contribution in [0.4, 0.5) is 5.13 Å². The van der Waals surface area contributed by atoms with E-state index >= 15 is 0 Å². The number of carbonyl (C=O) groups is 1. The van der Waals surface area contributed by atoms with E-state index in [0.717, 1.165) is 52.4 Å². The second kappa shape index (κ2) is 8.87. The Bertz CT molecular complexity index is 991. The summed E-state index contributed by atoms with van der Waals surface area (Å²) < 4.78 is 7.29. The SMILES string of the molecule is COc1ccc(CNC(=O)[C@H]2CCCN(c3nnc(-n4c(C)ccc4C)s3)C2)cc1. The van der Waals surface area contributed by atoms with Gasteiger partial charge in [0.15, 0.2) is 0 Å². The van der Waals surface area contributed by atoms with Crippen LogP contribution in [0.1, 0.15) is 29.8 Å². The summed E-state index contributed by atoms with van der Waals surface area (Å²) in [7, 11) is 1.65. The Morgan fingerprint density at radius 1 is 1.13 bits per heavy atom. The fourth-order valence-corrected chi connectivity index (χ4v) is 4.84. The Morgan fingerprint density at radius 3 is 2.53 bits per heavy atom. The number of aromatic nitrogens is 3. The van der Waals surface area contributed by atoms with Gasteiger partial charge in [0.05, 0.1) is 13.0 Å². The highest BCUT2D eigenvalue weighted by Crippen LogP contribution is 2.29. The van der Waals surface area contributed by atoms with Crippen molar-refractivity contribution in [2.75, 3.05) is 25.1 Å². The van der Waals surface area contributed by atoms with Crippen molar-refractivity contribution in [1.82, 2.24) is 20.1 Å². The molecule has 1 aliphatic rings. The van der Waals surface area contributed by atoms with Gasteiger partial charge in [-0.1, -0.05) is 23.5 Å². The Morgan fingerprint density at radius 2 is 1.83 bits per heavy atom. The maximum absolute atomic E-state index is 12.8. The molecule has 1 aliphatic heterocycles. The molecule has 1 N–H and O–H groups in total. The lowest BCUT2D eigenvalue weighted by Crippen LogP contribution is -2.43. The van der Waals surface area contributed by atoms with Crippen LogP contribution in [0.3, 0.4) is 0 Å². The first-order chi connectivity index (χ1) is 14.5. The Balaban J connectivity index is 1.37. The topological polar surface area (TPSA) is 72.3 Å². The van der Waals surface area contributed by atoms with Gasteiger partial charge < -0.3 is 15.0 Å². The monoisotopic (exact) mass is 425 g/mol. The minimum Gasteiger partial charge on any atom is -0.497 e. The molecule has 0 unspecified atom stereocenters. The molecule has 1 aromatic carbocycles. The van der Waals surface area contributed by atoms with E-state index in [1.54, 1.807) is 18.4 Å². The normalized spacial score (nSPS) is 16.5. The van der Waals surface area contributed by atoms with E-state index < -0.39 is 0 Å². The van der Waals surface area contributed by atoms with Gasteiger partial charge in [0.1, 0.15) is 5.75 Å². The number of ether oxygens (including phenoxy) is 1. The molecule has 4 rings (SSSR count). The fourth-order valence-electron chi connectivity index (χ4n) is 3.84. The molecule has 158 valence electrons. The highest BCUT2D eigenvalue weighted by molar-refractivity contribution is 7.17. The lowest BCUT2D eigenvalue weighted by molar-refractivity contribution is -0.125. The van der Waals surface area contributed by atoms with Crippen molar-refractivity contribution >= 4 is 22.4 Å². The van der Waals surface area contributed by atoms with Gasteiger partial charge in [-0.3, -0.25) is 9.36 Å². The van der Waals surface area contributed by atoms with Gasteiger partial charge in [-0.15, -0.1) is 10.2 Å². The summed E-state index contributed by atoms with van der Waals surface area (Å²) in [4.78, 5) is 14.9. The van der Waals surface area contributed by atoms with Crippen molar-refractivity contribution in [3.63, 3.8) is 0 Å². The second-order valence-corrected chi connectivity index (χ2v) is 8.60. The quantitative estimate of drug-likeness (QED) is 0.655. The Kier molecular flexibility index (Phi) is 6.03. The van der Waals surface area contributed by atoms with Crippen LogP contribution in [0.15, 0.2) is 36.4 Å². The van der Waals surface area contributed by atoms with Gasteiger partial charge in [0.2, 0.25) is 16.2 Å². The number of hydrogen-bond acceptors (Lipinski definition) is 6. The second-order valence-electron chi connectivity index (χ2n) is 7.67. The molecule has 2 aromatic heterocycles. The molecule has 1 fully saturated rings. The van der Waals surface area contributed by atoms with Gasteiger partial charge in [0, 0.05) is 31.0 Å². The molecule has 1 amide bonds. The molecule has 0 bridgehead atoms. The molecule has 7 nitrogen and oxygen atoms in total. The highest BCUT2D eigenvalue weighted by atomic mass is 32.1. The molecule has 3 heterocycles. The molecule has 0 aliphatic carbocycles. The van der Waals surface area contributed by atoms with E-state index in [1.807, 2.05) is 24.3 Å². The number of piperidine rings is 1. The van der Waals surface area contributed by atoms with Crippen LogP contribution < -0.4 is 15.0 Å². The fraction of sp³-hybridized carbons (Fsp3) is 0.409. The number of carbonyl (C=O) groups excluding carboxylic acids is 1. The highest BCUT2D eigenvalue weighted by Gasteiger charge is 2.27. The molecule has 0 saturated carbocycles. The Labute approximate surface area is 180 Å². The first-order valence-electron chi connectivity index (χ1n) is 10.2. The molecule has 1 saturated heterocycles. The van der Waals surface area contributed by atoms with Gasteiger partial charge in [0.25, 0.3) is 0 Å². The molecule has 30 heavy (non-hydrogen) atoms. The van der Waals surface area contributed by atoms with Crippen LogP contribution in [0, 0.1) is 19.8 Å². The average Bonchev–Trinajstić information content (AvgIpc) is 3.38. The molecule has 3 aromatic rings. The molecular weight excluding hydrogens is 398 g/mol. The van der Waals surface area contributed by atoms with Gasteiger partial charge in [-0.2, -0.15) is 0 Å². The number of hydrogen-bond donors (Lipinski definition) is 1. The standard InChI is InChI=1S/C22H27N5O2S/c1-15-6-7-16(2)27(15)22-25-24-21(30-22)26-12-4-5-18(14-26)20(28)23-13-17-8-10-19(29-3)11-9-17/h6-11,18H,4-5,12-14H2,1-3H3,(H,23,28)/t18-/m0/s1. The molecule has 0 spiro atoms. The minimum atomic E-state index is -0.0422. The van der Waals surface area contributed by atoms with Crippen LogP contribution in [-0.2, 0) is 11.3 Å². The summed E-state index contributed by atoms with van der Waals surface area (Å²) in [5.41, 5.74) is 3.34. The minimum absolute atomic E-state index is 0.0422. The third-order valence-corrected chi connectivity index (χ3v) is 6.52. The zero-order chi connectivity index (χ0) is 21.1. The van der Waals surface area contributed by atoms with E-state index in [2.05, 4.69) is 51.0 Å². The predicted molar refractivity (Wildman–Crippen MR) is 118 cm³/mol. The van der Waals surface area contributed by atoms with E-state index in [9.17, 15) is 4.79 Å². The first kappa shape index (κ1) is 20.4. The van der Waals surface area contributed by atoms with Crippen molar-refractivity contribution in [2.45, 2.75) is 33.2 Å². The number of anilines is 1. The largest absolute Gasteiger partial charge is 0.497 e. The number of nitrogens with zero attached hydrogens (tertiary/aromatic N) is 4. The predicted octanol–water partition coefficient (Wildman–Crippen LogP) is 3.49. The molecule has 8 heteroatoms. The number of rotatable bonds is 6.